The van der Waals surface area contributed by atoms with Gasteiger partial charge in [0.05, 0.1) is 4.92 Å². The maximum absolute atomic E-state index is 12.9. The quantitative estimate of drug-likeness (QED) is 0.480. The molecule has 1 aromatic rings. The molecule has 0 fully saturated rings. The average molecular weight is 256 g/mol. The smallest absolute Gasteiger partial charge is 0.315 e. The number of nitro benzene ring substituents is 1. The Morgan fingerprint density at radius 2 is 2.11 bits per heavy atom. The molecule has 1 unspecified atom stereocenters. The van der Waals surface area contributed by atoms with E-state index in [0.717, 1.165) is 25.1 Å². The van der Waals surface area contributed by atoms with Gasteiger partial charge >= 0.3 is 5.97 Å². The topological polar surface area (TPSA) is 110 Å². The minimum atomic E-state index is -1.40. The van der Waals surface area contributed by atoms with E-state index in [2.05, 4.69) is 0 Å². The van der Waals surface area contributed by atoms with Crippen molar-refractivity contribution in [2.24, 2.45) is 5.92 Å². The van der Waals surface area contributed by atoms with Crippen LogP contribution in [-0.4, -0.2) is 21.9 Å². The molecule has 1 atom stereocenters. The first kappa shape index (κ1) is 13.6. The van der Waals surface area contributed by atoms with E-state index in [4.69, 9.17) is 5.11 Å². The Bertz CT molecular complexity index is 517. The first-order chi connectivity index (χ1) is 8.32. The summed E-state index contributed by atoms with van der Waals surface area (Å²) in [5, 5.41) is 21.2. The molecule has 1 amide bonds. The second kappa shape index (κ2) is 5.21. The highest BCUT2D eigenvalue weighted by atomic mass is 19.1. The van der Waals surface area contributed by atoms with E-state index in [1.165, 1.54) is 0 Å². The number of carbonyl (C=O) groups is 2. The van der Waals surface area contributed by atoms with E-state index >= 15 is 0 Å². The Hall–Kier alpha value is -2.51. The second-order valence-corrected chi connectivity index (χ2v) is 3.47. The van der Waals surface area contributed by atoms with Crippen molar-refractivity contribution < 1.29 is 24.0 Å². The van der Waals surface area contributed by atoms with Crippen LogP contribution in [0.25, 0.3) is 0 Å². The molecular formula is C10H9FN2O5. The first-order valence-electron chi connectivity index (χ1n) is 4.80. The number of nitrogens with zero attached hydrogens (tertiary/aromatic N) is 1. The van der Waals surface area contributed by atoms with Crippen molar-refractivity contribution >= 4 is 23.3 Å². The van der Waals surface area contributed by atoms with Crippen molar-refractivity contribution in [1.82, 2.24) is 0 Å². The van der Waals surface area contributed by atoms with E-state index in [1.54, 1.807) is 0 Å². The first-order valence-corrected chi connectivity index (χ1v) is 4.80. The zero-order chi connectivity index (χ0) is 13.9. The number of halogens is 1. The van der Waals surface area contributed by atoms with Gasteiger partial charge in [-0.25, -0.2) is 4.39 Å². The van der Waals surface area contributed by atoms with Gasteiger partial charge in [-0.1, -0.05) is 0 Å². The predicted octanol–water partition coefficient (Wildman–Crippen LogP) is 1.39. The van der Waals surface area contributed by atoms with Crippen LogP contribution in [0.4, 0.5) is 15.8 Å². The molecule has 0 radical (unpaired) electrons. The number of anilines is 1. The fourth-order valence-electron chi connectivity index (χ4n) is 1.12. The van der Waals surface area contributed by atoms with Crippen LogP contribution in [-0.2, 0) is 9.59 Å². The van der Waals surface area contributed by atoms with Crippen LogP contribution < -0.4 is 5.32 Å². The van der Waals surface area contributed by atoms with E-state index in [9.17, 15) is 24.1 Å². The number of nitrogens with one attached hydrogen (secondary N) is 1. The maximum atomic E-state index is 12.9. The zero-order valence-electron chi connectivity index (χ0n) is 9.21. The number of hydrogen-bond acceptors (Lipinski definition) is 4. The van der Waals surface area contributed by atoms with Crippen LogP contribution in [0.5, 0.6) is 0 Å². The van der Waals surface area contributed by atoms with Crippen molar-refractivity contribution in [1.29, 1.82) is 0 Å². The molecule has 18 heavy (non-hydrogen) atoms. The van der Waals surface area contributed by atoms with Gasteiger partial charge in [0.1, 0.15) is 17.4 Å². The molecule has 0 saturated heterocycles. The third kappa shape index (κ3) is 3.00. The number of carboxylic acid groups (broad SMARTS) is 1. The molecule has 0 aliphatic heterocycles. The molecule has 7 nitrogen and oxygen atoms in total. The molecule has 0 spiro atoms. The lowest BCUT2D eigenvalue weighted by molar-refractivity contribution is -0.384. The molecule has 0 heterocycles. The summed E-state index contributed by atoms with van der Waals surface area (Å²) < 4.78 is 12.9. The molecule has 0 saturated carbocycles. The summed E-state index contributed by atoms with van der Waals surface area (Å²) in [5.74, 6) is -4.52. The van der Waals surface area contributed by atoms with Crippen LogP contribution in [0.3, 0.4) is 0 Å². The van der Waals surface area contributed by atoms with E-state index in [-0.39, 0.29) is 5.69 Å². The third-order valence-corrected chi connectivity index (χ3v) is 2.18. The van der Waals surface area contributed by atoms with E-state index < -0.39 is 34.2 Å². The van der Waals surface area contributed by atoms with Gasteiger partial charge in [0, 0.05) is 12.1 Å². The normalized spacial score (nSPS) is 11.7. The molecule has 2 N–H and O–H groups in total. The fraction of sp³-hybridized carbons (Fsp3) is 0.200. The van der Waals surface area contributed by atoms with Crippen LogP contribution >= 0.6 is 0 Å². The Morgan fingerprint density at radius 3 is 2.61 bits per heavy atom. The van der Waals surface area contributed by atoms with Gasteiger partial charge in [-0.15, -0.1) is 0 Å². The van der Waals surface area contributed by atoms with Crippen molar-refractivity contribution in [3.05, 3.63) is 34.1 Å². The highest BCUT2D eigenvalue weighted by Crippen LogP contribution is 2.25. The van der Waals surface area contributed by atoms with Crippen LogP contribution in [0.15, 0.2) is 18.2 Å². The van der Waals surface area contributed by atoms with Crippen molar-refractivity contribution in [3.8, 4) is 0 Å². The predicted molar refractivity (Wildman–Crippen MR) is 58.5 cm³/mol. The number of benzene rings is 1. The lowest BCUT2D eigenvalue weighted by Gasteiger charge is -2.08. The highest BCUT2D eigenvalue weighted by Gasteiger charge is 2.23. The number of carboxylic acids is 1. The Morgan fingerprint density at radius 1 is 1.50 bits per heavy atom. The van der Waals surface area contributed by atoms with Gasteiger partial charge in [0.15, 0.2) is 0 Å². The highest BCUT2D eigenvalue weighted by molar-refractivity contribution is 6.04. The Labute approximate surface area is 100 Å². The summed E-state index contributed by atoms with van der Waals surface area (Å²) in [7, 11) is 0. The largest absolute Gasteiger partial charge is 0.481 e. The molecule has 0 aliphatic rings. The minimum Gasteiger partial charge on any atom is -0.481 e. The molecule has 96 valence electrons. The molecular weight excluding hydrogens is 247 g/mol. The van der Waals surface area contributed by atoms with Gasteiger partial charge in [0.25, 0.3) is 5.69 Å². The van der Waals surface area contributed by atoms with Gasteiger partial charge in [0.2, 0.25) is 5.91 Å². The fourth-order valence-corrected chi connectivity index (χ4v) is 1.12. The standard InChI is InChI=1S/C10H9FN2O5/c1-5(10(15)16)9(14)12-7-4-6(11)2-3-8(7)13(17)18/h2-5H,1H3,(H,12,14)(H,15,16). The molecule has 1 rings (SSSR count). The van der Waals surface area contributed by atoms with Crippen molar-refractivity contribution in [2.45, 2.75) is 6.92 Å². The zero-order valence-corrected chi connectivity index (χ0v) is 9.21. The molecule has 8 heteroatoms. The number of hydrogen-bond donors (Lipinski definition) is 2. The summed E-state index contributed by atoms with van der Waals surface area (Å²) in [6.45, 7) is 1.11. The van der Waals surface area contributed by atoms with Crippen molar-refractivity contribution in [2.75, 3.05) is 5.32 Å². The van der Waals surface area contributed by atoms with Gasteiger partial charge in [-0.3, -0.25) is 19.7 Å². The molecule has 0 bridgehead atoms. The summed E-state index contributed by atoms with van der Waals surface area (Å²) in [4.78, 5) is 31.8. The SMILES string of the molecule is CC(C(=O)O)C(=O)Nc1cc(F)ccc1[N+](=O)[O-]. The molecule has 0 aromatic heterocycles. The second-order valence-electron chi connectivity index (χ2n) is 3.47. The number of rotatable bonds is 4. The van der Waals surface area contributed by atoms with Gasteiger partial charge < -0.3 is 10.4 Å². The minimum absolute atomic E-state index is 0.377. The average Bonchev–Trinajstić information content (AvgIpc) is 2.27. The van der Waals surface area contributed by atoms with E-state index in [0.29, 0.717) is 0 Å². The molecule has 1 aromatic carbocycles. The third-order valence-electron chi connectivity index (χ3n) is 2.18. The van der Waals surface area contributed by atoms with E-state index in [1.807, 2.05) is 5.32 Å². The number of nitro groups is 1. The van der Waals surface area contributed by atoms with Crippen LogP contribution in [0.2, 0.25) is 0 Å². The van der Waals surface area contributed by atoms with Crippen molar-refractivity contribution in [3.63, 3.8) is 0 Å². The Kier molecular flexibility index (Phi) is 3.93. The summed E-state index contributed by atoms with van der Waals surface area (Å²) in [6, 6.07) is 2.51. The lowest BCUT2D eigenvalue weighted by atomic mass is 10.1. The molecule has 0 aliphatic carbocycles. The monoisotopic (exact) mass is 256 g/mol. The van der Waals surface area contributed by atoms with Crippen LogP contribution in [0, 0.1) is 21.8 Å². The summed E-state index contributed by atoms with van der Waals surface area (Å²) in [5.41, 5.74) is -0.888. The Balaban J connectivity index is 3.03. The summed E-state index contributed by atoms with van der Waals surface area (Å²) >= 11 is 0. The van der Waals surface area contributed by atoms with Gasteiger partial charge in [-0.05, 0) is 13.0 Å². The van der Waals surface area contributed by atoms with Gasteiger partial charge in [-0.2, -0.15) is 0 Å². The van der Waals surface area contributed by atoms with Crippen LogP contribution in [0.1, 0.15) is 6.92 Å². The summed E-state index contributed by atoms with van der Waals surface area (Å²) in [6.07, 6.45) is 0. The lowest BCUT2D eigenvalue weighted by Crippen LogP contribution is -2.27. The number of aliphatic carboxylic acids is 1. The maximum Gasteiger partial charge on any atom is 0.315 e. The number of amides is 1. The number of carbonyl (C=O) groups excluding carboxylic acids is 1.